The van der Waals surface area contributed by atoms with Gasteiger partial charge >= 0.3 is 0 Å². The zero-order chi connectivity index (χ0) is 21.3. The van der Waals surface area contributed by atoms with E-state index in [1.54, 1.807) is 47.9 Å². The lowest BCUT2D eigenvalue weighted by atomic mass is 10.1. The van der Waals surface area contributed by atoms with Gasteiger partial charge in [-0.2, -0.15) is 0 Å². The number of halogens is 1. The number of fused-ring (bicyclic) bond motifs is 1. The molecule has 0 bridgehead atoms. The number of para-hydroxylation sites is 1. The maximum Gasteiger partial charge on any atom is 0.268 e. The number of hydrogen-bond acceptors (Lipinski definition) is 5. The molecule has 0 atom stereocenters. The van der Waals surface area contributed by atoms with Gasteiger partial charge in [0.15, 0.2) is 5.13 Å². The molecule has 0 radical (unpaired) electrons. The summed E-state index contributed by atoms with van der Waals surface area (Å²) >= 11 is 7.13. The van der Waals surface area contributed by atoms with E-state index in [1.807, 2.05) is 12.1 Å². The van der Waals surface area contributed by atoms with Gasteiger partial charge in [-0.05, 0) is 24.3 Å². The van der Waals surface area contributed by atoms with Crippen LogP contribution in [0.25, 0.3) is 22.2 Å². The van der Waals surface area contributed by atoms with E-state index in [-0.39, 0.29) is 17.9 Å². The lowest BCUT2D eigenvalue weighted by molar-refractivity contribution is 0.102. The normalized spacial score (nSPS) is 10.8. The molecular formula is C22H16ClN3O3S. The molecule has 0 aliphatic heterocycles. The predicted octanol–water partition coefficient (Wildman–Crippen LogP) is 4.92. The van der Waals surface area contributed by atoms with Crippen molar-refractivity contribution in [3.63, 3.8) is 0 Å². The lowest BCUT2D eigenvalue weighted by Crippen LogP contribution is -2.29. The Morgan fingerprint density at radius 2 is 1.97 bits per heavy atom. The number of thiazole rings is 1. The van der Waals surface area contributed by atoms with Crippen LogP contribution in [-0.2, 0) is 6.54 Å². The number of hydrogen-bond donors (Lipinski definition) is 2. The summed E-state index contributed by atoms with van der Waals surface area (Å²) in [5.41, 5.74) is 1.10. The Bertz CT molecular complexity index is 1330. The monoisotopic (exact) mass is 437 g/mol. The number of allylic oxidation sites excluding steroid dienone is 1. The molecule has 0 spiro atoms. The molecule has 8 heteroatoms. The SMILES string of the molecule is C=CCn1c(=O)c(C(=O)Nc2nc(-c3ccc(Cl)cc3)cs2)c(O)c2ccccc21. The van der Waals surface area contributed by atoms with E-state index >= 15 is 0 Å². The standard InChI is InChI=1S/C22H16ClN3O3S/c1-2-11-26-17-6-4-3-5-15(17)19(27)18(21(26)29)20(28)25-22-24-16(12-30-22)13-7-9-14(23)10-8-13/h2-10,12,27H,1,11H2,(H,24,25,28). The number of benzene rings is 2. The lowest BCUT2D eigenvalue weighted by Gasteiger charge is -2.13. The summed E-state index contributed by atoms with van der Waals surface area (Å²) < 4.78 is 1.40. The highest BCUT2D eigenvalue weighted by atomic mass is 35.5. The van der Waals surface area contributed by atoms with Crippen LogP contribution in [-0.4, -0.2) is 20.6 Å². The van der Waals surface area contributed by atoms with E-state index in [0.29, 0.717) is 26.8 Å². The fourth-order valence-corrected chi connectivity index (χ4v) is 3.99. The van der Waals surface area contributed by atoms with Crippen LogP contribution in [0, 0.1) is 0 Å². The van der Waals surface area contributed by atoms with E-state index < -0.39 is 11.5 Å². The number of nitrogens with zero attached hydrogens (tertiary/aromatic N) is 2. The number of aromatic hydroxyl groups is 1. The number of pyridine rings is 1. The van der Waals surface area contributed by atoms with Crippen molar-refractivity contribution in [2.45, 2.75) is 6.54 Å². The smallest absolute Gasteiger partial charge is 0.268 e. The summed E-state index contributed by atoms with van der Waals surface area (Å²) in [6.45, 7) is 3.87. The molecule has 0 aliphatic carbocycles. The molecule has 6 nitrogen and oxygen atoms in total. The highest BCUT2D eigenvalue weighted by Crippen LogP contribution is 2.29. The Morgan fingerprint density at radius 1 is 1.23 bits per heavy atom. The Kier molecular flexibility index (Phi) is 5.39. The molecule has 2 aromatic carbocycles. The van der Waals surface area contributed by atoms with Crippen LogP contribution in [0.3, 0.4) is 0 Å². The Labute approximate surface area is 180 Å². The van der Waals surface area contributed by atoms with E-state index in [9.17, 15) is 14.7 Å². The molecular weight excluding hydrogens is 422 g/mol. The van der Waals surface area contributed by atoms with Gasteiger partial charge in [-0.1, -0.05) is 41.9 Å². The highest BCUT2D eigenvalue weighted by molar-refractivity contribution is 7.14. The molecule has 0 saturated heterocycles. The largest absolute Gasteiger partial charge is 0.506 e. The number of nitrogens with one attached hydrogen (secondary N) is 1. The first-order valence-electron chi connectivity index (χ1n) is 8.98. The third kappa shape index (κ3) is 3.60. The second-order valence-electron chi connectivity index (χ2n) is 6.44. The number of anilines is 1. The fourth-order valence-electron chi connectivity index (χ4n) is 3.15. The summed E-state index contributed by atoms with van der Waals surface area (Å²) in [6, 6.07) is 14.0. The molecule has 2 N–H and O–H groups in total. The van der Waals surface area contributed by atoms with Gasteiger partial charge in [-0.3, -0.25) is 14.9 Å². The van der Waals surface area contributed by atoms with Crippen LogP contribution in [0.15, 0.2) is 71.4 Å². The zero-order valence-corrected chi connectivity index (χ0v) is 17.2. The van der Waals surface area contributed by atoms with Gasteiger partial charge < -0.3 is 9.67 Å². The van der Waals surface area contributed by atoms with Gasteiger partial charge in [0.2, 0.25) is 0 Å². The number of aromatic nitrogens is 2. The summed E-state index contributed by atoms with van der Waals surface area (Å²) in [5, 5.41) is 16.4. The third-order valence-corrected chi connectivity index (χ3v) is 5.56. The molecule has 0 unspecified atom stereocenters. The molecule has 0 fully saturated rings. The first kappa shape index (κ1) is 19.9. The van der Waals surface area contributed by atoms with Gasteiger partial charge in [0.05, 0.1) is 11.2 Å². The summed E-state index contributed by atoms with van der Waals surface area (Å²) in [5.74, 6) is -1.08. The van der Waals surface area contributed by atoms with Crippen molar-refractivity contribution in [1.29, 1.82) is 0 Å². The Balaban J connectivity index is 1.71. The predicted molar refractivity (Wildman–Crippen MR) is 121 cm³/mol. The van der Waals surface area contributed by atoms with Crippen molar-refractivity contribution in [3.05, 3.63) is 87.5 Å². The van der Waals surface area contributed by atoms with Gasteiger partial charge in [0, 0.05) is 27.9 Å². The third-order valence-electron chi connectivity index (χ3n) is 4.55. The van der Waals surface area contributed by atoms with E-state index in [0.717, 1.165) is 5.56 Å². The number of rotatable bonds is 5. The minimum absolute atomic E-state index is 0.206. The molecule has 150 valence electrons. The maximum absolute atomic E-state index is 12.9. The van der Waals surface area contributed by atoms with Crippen LogP contribution in [0.5, 0.6) is 5.75 Å². The van der Waals surface area contributed by atoms with Crippen LogP contribution in [0.2, 0.25) is 5.02 Å². The topological polar surface area (TPSA) is 84.2 Å². The second kappa shape index (κ2) is 8.14. The summed E-state index contributed by atoms with van der Waals surface area (Å²) in [4.78, 5) is 30.2. The van der Waals surface area contributed by atoms with E-state index in [1.165, 1.54) is 15.9 Å². The van der Waals surface area contributed by atoms with Gasteiger partial charge in [-0.15, -0.1) is 17.9 Å². The molecule has 2 aromatic heterocycles. The molecule has 1 amide bonds. The minimum Gasteiger partial charge on any atom is -0.506 e. The van der Waals surface area contributed by atoms with Crippen LogP contribution in [0.4, 0.5) is 5.13 Å². The summed E-state index contributed by atoms with van der Waals surface area (Å²) in [6.07, 6.45) is 1.56. The minimum atomic E-state index is -0.724. The zero-order valence-electron chi connectivity index (χ0n) is 15.6. The fraction of sp³-hybridized carbons (Fsp3) is 0.0455. The van der Waals surface area contributed by atoms with E-state index in [2.05, 4.69) is 16.9 Å². The second-order valence-corrected chi connectivity index (χ2v) is 7.74. The van der Waals surface area contributed by atoms with Crippen molar-refractivity contribution in [2.24, 2.45) is 0 Å². The Morgan fingerprint density at radius 3 is 2.70 bits per heavy atom. The molecule has 0 saturated carbocycles. The quantitative estimate of drug-likeness (QED) is 0.434. The molecule has 30 heavy (non-hydrogen) atoms. The van der Waals surface area contributed by atoms with Crippen molar-refractivity contribution in [1.82, 2.24) is 9.55 Å². The average molecular weight is 438 g/mol. The Hall–Kier alpha value is -3.42. The highest BCUT2D eigenvalue weighted by Gasteiger charge is 2.22. The molecule has 4 aromatic rings. The van der Waals surface area contributed by atoms with Gasteiger partial charge in [-0.25, -0.2) is 4.98 Å². The van der Waals surface area contributed by atoms with Crippen molar-refractivity contribution in [3.8, 4) is 17.0 Å². The van der Waals surface area contributed by atoms with Crippen molar-refractivity contribution in [2.75, 3.05) is 5.32 Å². The first-order valence-corrected chi connectivity index (χ1v) is 10.2. The van der Waals surface area contributed by atoms with E-state index in [4.69, 9.17) is 11.6 Å². The first-order chi connectivity index (χ1) is 14.5. The molecule has 4 rings (SSSR count). The molecule has 2 heterocycles. The van der Waals surface area contributed by atoms with Crippen molar-refractivity contribution >= 4 is 44.9 Å². The van der Waals surface area contributed by atoms with Gasteiger partial charge in [0.25, 0.3) is 11.5 Å². The molecule has 0 aliphatic rings. The number of carbonyl (C=O) groups is 1. The van der Waals surface area contributed by atoms with Crippen LogP contribution >= 0.6 is 22.9 Å². The van der Waals surface area contributed by atoms with Crippen LogP contribution in [0.1, 0.15) is 10.4 Å². The summed E-state index contributed by atoms with van der Waals surface area (Å²) in [7, 11) is 0. The number of carbonyl (C=O) groups excluding carboxylic acids is 1. The number of amides is 1. The van der Waals surface area contributed by atoms with Gasteiger partial charge in [0.1, 0.15) is 11.3 Å². The average Bonchev–Trinajstić information content (AvgIpc) is 3.20. The maximum atomic E-state index is 12.9. The van der Waals surface area contributed by atoms with Crippen molar-refractivity contribution < 1.29 is 9.90 Å². The van der Waals surface area contributed by atoms with Crippen LogP contribution < -0.4 is 10.9 Å².